The first-order valence-electron chi connectivity index (χ1n) is 6.41. The number of carboxylic acid groups (broad SMARTS) is 1. The smallest absolute Gasteiger partial charge is 0.329 e. The van der Waals surface area contributed by atoms with Crippen LogP contribution in [0.25, 0.3) is 0 Å². The summed E-state index contributed by atoms with van der Waals surface area (Å²) in [6, 6.07) is -0.145. The molecule has 0 atom stereocenters. The average molecular weight is 256 g/mol. The topological polar surface area (TPSA) is 78.9 Å². The molecule has 2 amide bonds. The minimum absolute atomic E-state index is 0.143. The summed E-state index contributed by atoms with van der Waals surface area (Å²) in [7, 11) is 1.72. The molecular formula is C12H20N2O4. The molecule has 0 bridgehead atoms. The van der Waals surface area contributed by atoms with E-state index in [4.69, 9.17) is 4.74 Å². The van der Waals surface area contributed by atoms with Gasteiger partial charge in [-0.25, -0.2) is 9.59 Å². The zero-order valence-electron chi connectivity index (χ0n) is 10.6. The lowest BCUT2D eigenvalue weighted by Crippen LogP contribution is -2.62. The number of ether oxygens (including phenoxy) is 1. The lowest BCUT2D eigenvalue weighted by atomic mass is 9.77. The van der Waals surface area contributed by atoms with Gasteiger partial charge in [-0.3, -0.25) is 0 Å². The van der Waals surface area contributed by atoms with Crippen molar-refractivity contribution in [2.24, 2.45) is 0 Å². The number of rotatable bonds is 3. The van der Waals surface area contributed by atoms with Crippen LogP contribution in [0.15, 0.2) is 0 Å². The third-order valence-electron chi connectivity index (χ3n) is 4.02. The van der Waals surface area contributed by atoms with Crippen molar-refractivity contribution in [2.45, 2.75) is 43.7 Å². The zero-order chi connectivity index (χ0) is 13.2. The third kappa shape index (κ3) is 2.43. The highest BCUT2D eigenvalue weighted by atomic mass is 16.5. The van der Waals surface area contributed by atoms with E-state index in [1.807, 2.05) is 0 Å². The van der Waals surface area contributed by atoms with Crippen LogP contribution in [0.3, 0.4) is 0 Å². The van der Waals surface area contributed by atoms with Gasteiger partial charge in [0.1, 0.15) is 5.54 Å². The second-order valence-corrected chi connectivity index (χ2v) is 5.13. The van der Waals surface area contributed by atoms with Gasteiger partial charge in [0.05, 0.1) is 0 Å². The van der Waals surface area contributed by atoms with Gasteiger partial charge >= 0.3 is 12.0 Å². The number of hydrogen-bond acceptors (Lipinski definition) is 3. The Hall–Kier alpha value is -1.30. The number of carbonyl (C=O) groups excluding carboxylic acids is 1. The summed E-state index contributed by atoms with van der Waals surface area (Å²) in [5.74, 6) is -0.928. The summed E-state index contributed by atoms with van der Waals surface area (Å²) in [5, 5.41) is 11.8. The van der Waals surface area contributed by atoms with E-state index in [0.717, 1.165) is 19.3 Å². The Bertz CT molecular complexity index is 335. The quantitative estimate of drug-likeness (QED) is 0.783. The molecule has 1 heterocycles. The molecule has 2 N–H and O–H groups in total. The molecule has 0 aromatic carbocycles. The Kier molecular flexibility index (Phi) is 3.75. The van der Waals surface area contributed by atoms with E-state index >= 15 is 0 Å². The average Bonchev–Trinajstić information content (AvgIpc) is 2.33. The second-order valence-electron chi connectivity index (χ2n) is 5.13. The van der Waals surface area contributed by atoms with Gasteiger partial charge in [0.2, 0.25) is 0 Å². The van der Waals surface area contributed by atoms with Crippen molar-refractivity contribution >= 4 is 12.0 Å². The molecule has 2 aliphatic rings. The predicted molar refractivity (Wildman–Crippen MR) is 64.4 cm³/mol. The van der Waals surface area contributed by atoms with Crippen molar-refractivity contribution in [3.8, 4) is 0 Å². The number of amides is 2. The minimum atomic E-state index is -1.03. The lowest BCUT2D eigenvalue weighted by Gasteiger charge is -2.40. The zero-order valence-corrected chi connectivity index (χ0v) is 10.6. The van der Waals surface area contributed by atoms with Gasteiger partial charge in [0, 0.05) is 26.3 Å². The maximum absolute atomic E-state index is 12.1. The van der Waals surface area contributed by atoms with E-state index in [-0.39, 0.29) is 12.1 Å². The molecule has 1 saturated carbocycles. The number of aliphatic carboxylic acids is 1. The summed E-state index contributed by atoms with van der Waals surface area (Å²) in [5.41, 5.74) is -1.03. The van der Waals surface area contributed by atoms with Crippen LogP contribution in [0, 0.1) is 0 Å². The Labute approximate surface area is 106 Å². The molecular weight excluding hydrogens is 236 g/mol. The highest BCUT2D eigenvalue weighted by Crippen LogP contribution is 2.32. The van der Waals surface area contributed by atoms with E-state index in [2.05, 4.69) is 5.32 Å². The monoisotopic (exact) mass is 256 g/mol. The molecule has 0 aromatic rings. The molecule has 2 fully saturated rings. The van der Waals surface area contributed by atoms with Crippen molar-refractivity contribution in [3.05, 3.63) is 0 Å². The van der Waals surface area contributed by atoms with Crippen LogP contribution < -0.4 is 5.32 Å². The molecule has 0 aromatic heterocycles. The SMILES string of the molecule is CN(C(=O)NC1(C(=O)O)CCC1)C1CCOCC1. The van der Waals surface area contributed by atoms with Gasteiger partial charge in [-0.2, -0.15) is 0 Å². The molecule has 6 heteroatoms. The van der Waals surface area contributed by atoms with Gasteiger partial charge in [0.25, 0.3) is 0 Å². The first-order valence-corrected chi connectivity index (χ1v) is 6.41. The molecule has 102 valence electrons. The predicted octanol–water partition coefficient (Wildman–Crippen LogP) is 0.814. The van der Waals surface area contributed by atoms with Crippen molar-refractivity contribution in [1.29, 1.82) is 0 Å². The number of urea groups is 1. The normalized spacial score (nSPS) is 22.9. The fourth-order valence-corrected chi connectivity index (χ4v) is 2.45. The number of carboxylic acids is 1. The van der Waals surface area contributed by atoms with Crippen LogP contribution in [0.5, 0.6) is 0 Å². The standard InChI is InChI=1S/C12H20N2O4/c1-14(9-3-7-18-8-4-9)11(17)13-12(10(15)16)5-2-6-12/h9H,2-8H2,1H3,(H,13,17)(H,15,16). The van der Waals surface area contributed by atoms with Crippen molar-refractivity contribution < 1.29 is 19.4 Å². The number of carbonyl (C=O) groups is 2. The molecule has 1 aliphatic heterocycles. The summed E-state index contributed by atoms with van der Waals surface area (Å²) >= 11 is 0. The Morgan fingerprint density at radius 2 is 1.94 bits per heavy atom. The number of hydrogen-bond donors (Lipinski definition) is 2. The number of nitrogens with one attached hydrogen (secondary N) is 1. The highest BCUT2D eigenvalue weighted by Gasteiger charge is 2.46. The fraction of sp³-hybridized carbons (Fsp3) is 0.833. The first-order chi connectivity index (χ1) is 8.55. The van der Waals surface area contributed by atoms with Crippen LogP contribution >= 0.6 is 0 Å². The van der Waals surface area contributed by atoms with Crippen molar-refractivity contribution in [3.63, 3.8) is 0 Å². The third-order valence-corrected chi connectivity index (χ3v) is 4.02. The molecule has 1 aliphatic carbocycles. The van der Waals surface area contributed by atoms with Gasteiger partial charge in [-0.05, 0) is 32.1 Å². The van der Waals surface area contributed by atoms with E-state index in [0.29, 0.717) is 26.1 Å². The van der Waals surface area contributed by atoms with Crippen LogP contribution in [-0.4, -0.2) is 53.8 Å². The van der Waals surface area contributed by atoms with E-state index in [1.54, 1.807) is 11.9 Å². The molecule has 0 unspecified atom stereocenters. The van der Waals surface area contributed by atoms with Gasteiger partial charge < -0.3 is 20.1 Å². The fourth-order valence-electron chi connectivity index (χ4n) is 2.45. The van der Waals surface area contributed by atoms with Crippen LogP contribution in [0.1, 0.15) is 32.1 Å². The summed E-state index contributed by atoms with van der Waals surface area (Å²) in [6.07, 6.45) is 3.52. The minimum Gasteiger partial charge on any atom is -0.480 e. The second kappa shape index (κ2) is 5.14. The summed E-state index contributed by atoms with van der Waals surface area (Å²) in [6.45, 7) is 1.32. The van der Waals surface area contributed by atoms with Gasteiger partial charge in [-0.15, -0.1) is 0 Å². The maximum atomic E-state index is 12.1. The Balaban J connectivity index is 1.92. The molecule has 6 nitrogen and oxygen atoms in total. The summed E-state index contributed by atoms with van der Waals surface area (Å²) in [4.78, 5) is 24.9. The van der Waals surface area contributed by atoms with Crippen molar-refractivity contribution in [2.75, 3.05) is 20.3 Å². The highest BCUT2D eigenvalue weighted by molar-refractivity contribution is 5.87. The molecule has 18 heavy (non-hydrogen) atoms. The molecule has 0 radical (unpaired) electrons. The van der Waals surface area contributed by atoms with Gasteiger partial charge in [-0.1, -0.05) is 0 Å². The van der Waals surface area contributed by atoms with E-state index in [1.165, 1.54) is 0 Å². The van der Waals surface area contributed by atoms with Crippen LogP contribution in [0.2, 0.25) is 0 Å². The van der Waals surface area contributed by atoms with Crippen LogP contribution in [0.4, 0.5) is 4.79 Å². The maximum Gasteiger partial charge on any atom is 0.329 e. The van der Waals surface area contributed by atoms with E-state index in [9.17, 15) is 14.7 Å². The first kappa shape index (κ1) is 13.1. The van der Waals surface area contributed by atoms with Crippen molar-refractivity contribution in [1.82, 2.24) is 10.2 Å². The molecule has 0 spiro atoms. The Morgan fingerprint density at radius 3 is 2.39 bits per heavy atom. The lowest BCUT2D eigenvalue weighted by molar-refractivity contribution is -0.148. The molecule has 1 saturated heterocycles. The van der Waals surface area contributed by atoms with E-state index < -0.39 is 11.5 Å². The van der Waals surface area contributed by atoms with Crippen LogP contribution in [-0.2, 0) is 9.53 Å². The summed E-state index contributed by atoms with van der Waals surface area (Å²) < 4.78 is 5.25. The Morgan fingerprint density at radius 1 is 1.33 bits per heavy atom. The van der Waals surface area contributed by atoms with Gasteiger partial charge in [0.15, 0.2) is 0 Å². The molecule has 2 rings (SSSR count). The number of nitrogens with zero attached hydrogens (tertiary/aromatic N) is 1. The largest absolute Gasteiger partial charge is 0.480 e.